The van der Waals surface area contributed by atoms with Gasteiger partial charge in [0, 0.05) is 258 Å². The average molecular weight is 1920 g/mol. The highest BCUT2D eigenvalue weighted by Gasteiger charge is 2.72. The van der Waals surface area contributed by atoms with Crippen molar-refractivity contribution in [2.75, 3.05) is 34.5 Å². The summed E-state index contributed by atoms with van der Waals surface area (Å²) < 4.78 is 63.9. The van der Waals surface area contributed by atoms with Crippen LogP contribution in [-0.2, 0) is 260 Å². The Morgan fingerprint density at radius 2 is 0.869 bits per heavy atom. The Kier molecular flexibility index (Phi) is 46.6. The van der Waals surface area contributed by atoms with Gasteiger partial charge in [0.05, 0.1) is 52.0 Å². The van der Waals surface area contributed by atoms with Crippen molar-refractivity contribution < 1.29 is 54.7 Å². The number of alkyl halides is 2. The number of hydrogen-bond acceptors (Lipinski definition) is 13. The van der Waals surface area contributed by atoms with E-state index in [0.717, 1.165) is 75.0 Å². The molecule has 35 heteroatoms. The van der Waals surface area contributed by atoms with Gasteiger partial charge in [-0.3, -0.25) is 18.4 Å². The van der Waals surface area contributed by atoms with E-state index >= 15 is 0 Å². The molecular weight excluding hydrogens is 1810 g/mol. The molecule has 107 heavy (non-hydrogen) atoms. The summed E-state index contributed by atoms with van der Waals surface area (Å²) in [6.07, 6.45) is 9.55. The summed E-state index contributed by atoms with van der Waals surface area (Å²) in [5.41, 5.74) is 0.836. The second kappa shape index (κ2) is 51.4. The lowest BCUT2D eigenvalue weighted by Crippen LogP contribution is -2.74. The molecule has 0 radical (unpaired) electrons. The van der Waals surface area contributed by atoms with Crippen molar-refractivity contribution in [3.05, 3.63) is 132 Å². The van der Waals surface area contributed by atoms with Gasteiger partial charge in [-0.2, -0.15) is 0 Å². The van der Waals surface area contributed by atoms with Crippen LogP contribution in [0.2, 0.25) is 6.04 Å². The summed E-state index contributed by atoms with van der Waals surface area (Å²) in [4.78, 5) is 27.5. The number of ketones is 2. The fourth-order valence-electron chi connectivity index (χ4n) is 18.7. The molecule has 0 spiro atoms. The molecule has 7 aliphatic rings. The molecule has 9 nitrogen and oxygen atoms in total. The lowest BCUT2D eigenvalue weighted by molar-refractivity contribution is -0.231. The number of halogens is 2. The van der Waals surface area contributed by atoms with Gasteiger partial charge >= 0.3 is 0 Å². The molecule has 4 bridgehead atoms. The number of carbonyl (C=O) groups is 2. The molecule has 7 fully saturated rings. The molecule has 6 aliphatic carbocycles. The van der Waals surface area contributed by atoms with Gasteiger partial charge in [-0.1, -0.05) is 192 Å². The maximum atomic E-state index is 14.2. The Hall–Kier alpha value is 1.08. The summed E-state index contributed by atoms with van der Waals surface area (Å²) in [7, 11) is 31.7. The van der Waals surface area contributed by atoms with E-state index in [0.29, 0.717) is 58.5 Å². The van der Waals surface area contributed by atoms with Gasteiger partial charge in [-0.15, -0.1) is 0 Å². The average Bonchev–Trinajstić information content (AvgIpc) is 1.66. The lowest BCUT2D eigenvalue weighted by atomic mass is 9.43. The first-order valence-electron chi connectivity index (χ1n) is 36.3. The summed E-state index contributed by atoms with van der Waals surface area (Å²) in [6, 6.07) is 43.6. The Morgan fingerprint density at radius 1 is 0.523 bits per heavy atom. The predicted molar refractivity (Wildman–Crippen MR) is 506 cm³/mol. The number of benzene rings is 4. The lowest BCUT2D eigenvalue weighted by Gasteiger charge is -2.67. The minimum Gasteiger partial charge on any atom is -0.404 e. The fourth-order valence-corrected chi connectivity index (χ4v) is 64.7. The van der Waals surface area contributed by atoms with Crippen LogP contribution in [0.5, 0.6) is 0 Å². The number of aliphatic hydroxyl groups is 2. The topological polar surface area (TPSA) is 121 Å². The van der Waals surface area contributed by atoms with Crippen LogP contribution >= 0.6 is 0 Å². The molecule has 4 aromatic rings. The maximum absolute atomic E-state index is 14.2. The van der Waals surface area contributed by atoms with Crippen molar-refractivity contribution in [2.45, 2.75) is 191 Å². The van der Waals surface area contributed by atoms with Crippen LogP contribution in [0.25, 0.3) is 0 Å². The number of ether oxygens (including phenoxy) is 4. The van der Waals surface area contributed by atoms with E-state index in [1.165, 1.54) is 60.7 Å². The van der Waals surface area contributed by atoms with E-state index in [2.05, 4.69) is 173 Å². The summed E-state index contributed by atoms with van der Waals surface area (Å²) in [5, 5.41) is 24.6. The van der Waals surface area contributed by atoms with Crippen molar-refractivity contribution in [1.29, 1.82) is 0 Å². The van der Waals surface area contributed by atoms with Gasteiger partial charge in [0.15, 0.2) is 0 Å². The van der Waals surface area contributed by atoms with E-state index in [-0.39, 0.29) is 101 Å². The summed E-state index contributed by atoms with van der Waals surface area (Å²) >= 11 is 18.7. The van der Waals surface area contributed by atoms with Crippen LogP contribution in [0, 0.1) is 68.0 Å². The molecule has 16 atom stereocenters. The second-order valence-corrected chi connectivity index (χ2v) is 65.0. The highest BCUT2D eigenvalue weighted by atomic mass is 33.5. The quantitative estimate of drug-likeness (QED) is 0.0668. The SMILES string of the molecule is CC[C@@]1(C)C[C@@H](O)[C@@]2(C)C3C(=O)CC[C@@]3(CC[C@H]2CO)[C@@H](C)[C@@H]1OCOCc1ccccc1.CC[C@@]1(C)C[C@H]2O[Si](c3ccccc3)(c3ccccc3)C[C@@H]3CC[C@]4(CCC(=O)C4[C@@]32C)[C@@H](C)[C@@H]1OCOCc1ccccc1.CF.CF.S=S=S=S=S=S=S=S=S=S=S.S=S=S=S=S=S=S=S=S=S=S=S.[2H]C.[2H]C. The number of carbonyl (C=O) groups excluding carboxylic acids is 2. The zero-order valence-electron chi connectivity index (χ0n) is 64.4. The number of rotatable bonds is 15. The van der Waals surface area contributed by atoms with Crippen LogP contribution in [0.4, 0.5) is 8.78 Å². The molecule has 0 aromatic heterocycles. The Morgan fingerprint density at radius 3 is 1.23 bits per heavy atom. The predicted octanol–water partition coefficient (Wildman–Crippen LogP) is 14.7. The molecule has 6 saturated carbocycles. The van der Waals surface area contributed by atoms with Crippen LogP contribution in [0.15, 0.2) is 121 Å². The van der Waals surface area contributed by atoms with Gasteiger partial charge in [0.1, 0.15) is 25.2 Å². The van der Waals surface area contributed by atoms with Crippen molar-refractivity contribution in [1.82, 2.24) is 0 Å². The van der Waals surface area contributed by atoms with Gasteiger partial charge < -0.3 is 33.6 Å². The Bertz CT molecular complexity index is 4280. The van der Waals surface area contributed by atoms with Crippen molar-refractivity contribution in [3.63, 3.8) is 0 Å². The molecule has 1 aliphatic heterocycles. The second-order valence-electron chi connectivity index (χ2n) is 27.9. The van der Waals surface area contributed by atoms with Crippen LogP contribution in [0.1, 0.15) is 161 Å². The van der Waals surface area contributed by atoms with E-state index < -0.39 is 19.8 Å². The minimum absolute atomic E-state index is 0.0139. The fraction of sp³-hybridized carbons (Fsp3) is 0.639. The molecule has 604 valence electrons. The van der Waals surface area contributed by atoms with E-state index in [1.807, 2.05) is 48.5 Å². The number of Topliss-reactive ketones (excluding diaryl/α,β-unsaturated/α-hetero) is 2. The third kappa shape index (κ3) is 25.3. The standard InChI is InChI=1S/C40H50O4Si.C28H42O5.2CH3F.2CH4.S12.S11/c1-5-38(3)25-35-39(4)31(27-45(44-35,32-17-11-7-12-18-32)33-19-13-8-14-20-33)21-23-40(24-22-34(41)36(39)40)29(2)37(38)43-28-42-26-30-15-9-6-10-16-30;1-5-26(3)15-23(31)27(4)21(16-29)11-13-28(14-12-22(30)24(27)28)19(2)25(26)33-18-32-17-20-9-7-6-8-10-20;2*1-2;;;1-3-5-7-9-11-12-10-8-6-4-2;1-3-5-7-9-11-10-8-6-4-2/h6-20,29,31,35-37H,5,21-28H2,1-4H3;6-10,19,21,23-25,29,31H,5,11-18H2,1-4H3;2*1H3;2*1H4;;/t29-,31-,35+,36?,37-,38-,39-,40-;19-,21-,23+,24?,25-,26-,27-,28-;;;;;;/m00....../s1/i;;;;2*1D;;. The third-order valence-electron chi connectivity index (χ3n) is 23.8. The first kappa shape index (κ1) is 96.9. The zero-order chi connectivity index (χ0) is 80.6. The van der Waals surface area contributed by atoms with Gasteiger partial charge in [-0.05, 0) is 137 Å². The molecule has 1 heterocycles. The molecule has 2 unspecified atom stereocenters. The molecule has 0 amide bonds. The van der Waals surface area contributed by atoms with Gasteiger partial charge in [0.25, 0.3) is 8.32 Å². The Balaban J connectivity index is 0.000000341. The van der Waals surface area contributed by atoms with Gasteiger partial charge in [0.2, 0.25) is 0 Å². The van der Waals surface area contributed by atoms with Crippen LogP contribution in [-0.4, -0.2) is 89.1 Å². The number of hydrogen-bond donors (Lipinski definition) is 2. The largest absolute Gasteiger partial charge is 0.404 e. The van der Waals surface area contributed by atoms with Crippen molar-refractivity contribution >= 4 is 244 Å². The first-order valence-corrected chi connectivity index (χ1v) is 64.5. The molecule has 1 saturated heterocycles. The summed E-state index contributed by atoms with van der Waals surface area (Å²) in [6.45, 7) is 19.8. The van der Waals surface area contributed by atoms with Crippen LogP contribution < -0.4 is 10.4 Å². The van der Waals surface area contributed by atoms with Crippen molar-refractivity contribution in [3.8, 4) is 0 Å². The molecular formula is C72H106F2O9S23Si. The van der Waals surface area contributed by atoms with Gasteiger partial charge in [-0.25, -0.2) is 0 Å². The van der Waals surface area contributed by atoms with E-state index in [9.17, 15) is 28.6 Å². The normalized spacial score (nSPS) is 30.6. The zero-order valence-corrected chi connectivity index (χ0v) is 82.2. The molecule has 4 aromatic carbocycles. The Labute approximate surface area is 715 Å². The summed E-state index contributed by atoms with van der Waals surface area (Å²) in [5.74, 6) is 1.33. The highest BCUT2D eigenvalue weighted by Crippen LogP contribution is 2.72. The molecule has 2 N–H and O–H groups in total. The number of aliphatic hydroxyl groups excluding tert-OH is 2. The van der Waals surface area contributed by atoms with Crippen molar-refractivity contribution in [2.24, 2.45) is 68.0 Å². The maximum Gasteiger partial charge on any atom is 0.256 e. The smallest absolute Gasteiger partial charge is 0.256 e. The van der Waals surface area contributed by atoms with E-state index in [1.54, 1.807) is 133 Å². The van der Waals surface area contributed by atoms with E-state index in [4.69, 9.17) is 26.1 Å². The molecule has 11 rings (SSSR count). The third-order valence-corrected chi connectivity index (χ3v) is 65.8. The first-order chi connectivity index (χ1) is 52.8. The van der Waals surface area contributed by atoms with Crippen LogP contribution in [0.3, 0.4) is 0 Å². The highest BCUT2D eigenvalue weighted by molar-refractivity contribution is 8.75. The monoisotopic (exact) mass is 1920 g/mol. The minimum atomic E-state index is -2.62.